The van der Waals surface area contributed by atoms with Gasteiger partial charge < -0.3 is 15.2 Å². The summed E-state index contributed by atoms with van der Waals surface area (Å²) >= 11 is 3.49. The minimum atomic E-state index is 0.0844. The van der Waals surface area contributed by atoms with E-state index < -0.39 is 0 Å². The van der Waals surface area contributed by atoms with E-state index in [1.54, 1.807) is 7.11 Å². The molecule has 0 saturated carbocycles. The zero-order valence-electron chi connectivity index (χ0n) is 9.99. The normalized spacial score (nSPS) is 19.0. The Kier molecular flexibility index (Phi) is 4.42. The highest BCUT2D eigenvalue weighted by atomic mass is 79.9. The van der Waals surface area contributed by atoms with E-state index >= 15 is 0 Å². The van der Waals surface area contributed by atoms with Crippen molar-refractivity contribution in [3.05, 3.63) is 28.2 Å². The highest BCUT2D eigenvalue weighted by Gasteiger charge is 2.22. The van der Waals surface area contributed by atoms with Crippen LogP contribution < -0.4 is 10.5 Å². The summed E-state index contributed by atoms with van der Waals surface area (Å²) in [5.74, 6) is 1.36. The van der Waals surface area contributed by atoms with E-state index in [1.807, 2.05) is 12.1 Å². The summed E-state index contributed by atoms with van der Waals surface area (Å²) in [6, 6.07) is 6.14. The summed E-state index contributed by atoms with van der Waals surface area (Å²) in [6.07, 6.45) is 2.09. The number of ether oxygens (including phenoxy) is 2. The zero-order chi connectivity index (χ0) is 12.3. The Balaban J connectivity index is 2.12. The Morgan fingerprint density at radius 1 is 1.41 bits per heavy atom. The Morgan fingerprint density at radius 2 is 2.12 bits per heavy atom. The van der Waals surface area contributed by atoms with Gasteiger partial charge in [-0.15, -0.1) is 0 Å². The van der Waals surface area contributed by atoms with Crippen LogP contribution >= 0.6 is 15.9 Å². The number of hydrogen-bond acceptors (Lipinski definition) is 3. The lowest BCUT2D eigenvalue weighted by molar-refractivity contribution is 0.0583. The van der Waals surface area contributed by atoms with Gasteiger partial charge in [-0.1, -0.05) is 6.07 Å². The summed E-state index contributed by atoms with van der Waals surface area (Å²) in [5.41, 5.74) is 7.47. The Hall–Kier alpha value is -0.580. The van der Waals surface area contributed by atoms with Gasteiger partial charge in [-0.05, 0) is 52.4 Å². The van der Waals surface area contributed by atoms with Crippen LogP contribution in [0.15, 0.2) is 22.7 Å². The Labute approximate surface area is 110 Å². The van der Waals surface area contributed by atoms with Gasteiger partial charge in [-0.2, -0.15) is 0 Å². The molecule has 17 heavy (non-hydrogen) atoms. The van der Waals surface area contributed by atoms with Crippen LogP contribution in [-0.2, 0) is 4.74 Å². The molecular formula is C13H18BrNO2. The average molecular weight is 300 g/mol. The van der Waals surface area contributed by atoms with Gasteiger partial charge in [0.2, 0.25) is 0 Å². The lowest BCUT2D eigenvalue weighted by atomic mass is 9.88. The van der Waals surface area contributed by atoms with E-state index in [9.17, 15) is 0 Å². The standard InChI is InChI=1S/C13H18BrNO2/c1-16-12-3-2-10(8-11(12)14)13(15)9-4-6-17-7-5-9/h2-3,8-9,13H,4-7,15H2,1H3/t13-/m0/s1. The van der Waals surface area contributed by atoms with Gasteiger partial charge in [0, 0.05) is 19.3 Å². The van der Waals surface area contributed by atoms with Gasteiger partial charge in [-0.25, -0.2) is 0 Å². The maximum Gasteiger partial charge on any atom is 0.133 e. The second-order valence-corrected chi connectivity index (χ2v) is 5.22. The first-order valence-electron chi connectivity index (χ1n) is 5.89. The highest BCUT2D eigenvalue weighted by Crippen LogP contribution is 2.32. The molecule has 0 unspecified atom stereocenters. The van der Waals surface area contributed by atoms with E-state index in [-0.39, 0.29) is 6.04 Å². The molecule has 1 aliphatic heterocycles. The molecule has 94 valence electrons. The van der Waals surface area contributed by atoms with Gasteiger partial charge in [0.15, 0.2) is 0 Å². The van der Waals surface area contributed by atoms with Crippen LogP contribution in [0.4, 0.5) is 0 Å². The number of benzene rings is 1. The van der Waals surface area contributed by atoms with Crippen LogP contribution in [0.25, 0.3) is 0 Å². The summed E-state index contributed by atoms with van der Waals surface area (Å²) < 4.78 is 11.5. The molecule has 2 N–H and O–H groups in total. The number of nitrogens with two attached hydrogens (primary N) is 1. The zero-order valence-corrected chi connectivity index (χ0v) is 11.6. The third-order valence-electron chi connectivity index (χ3n) is 3.33. The second-order valence-electron chi connectivity index (χ2n) is 4.37. The smallest absolute Gasteiger partial charge is 0.133 e. The van der Waals surface area contributed by atoms with Gasteiger partial charge in [-0.3, -0.25) is 0 Å². The van der Waals surface area contributed by atoms with Crippen molar-refractivity contribution in [2.75, 3.05) is 20.3 Å². The van der Waals surface area contributed by atoms with Crippen molar-refractivity contribution in [1.29, 1.82) is 0 Å². The molecule has 0 bridgehead atoms. The van der Waals surface area contributed by atoms with Gasteiger partial charge in [0.1, 0.15) is 5.75 Å². The maximum atomic E-state index is 6.31. The summed E-state index contributed by atoms with van der Waals surface area (Å²) in [6.45, 7) is 1.66. The molecule has 0 radical (unpaired) electrons. The average Bonchev–Trinajstić information content (AvgIpc) is 2.39. The fraction of sp³-hybridized carbons (Fsp3) is 0.538. The van der Waals surface area contributed by atoms with Crippen LogP contribution in [0.1, 0.15) is 24.4 Å². The van der Waals surface area contributed by atoms with E-state index in [0.717, 1.165) is 41.8 Å². The molecule has 0 amide bonds. The molecule has 3 nitrogen and oxygen atoms in total. The molecule has 1 fully saturated rings. The molecule has 0 aromatic heterocycles. The van der Waals surface area contributed by atoms with E-state index in [0.29, 0.717) is 5.92 Å². The third-order valence-corrected chi connectivity index (χ3v) is 3.95. The molecule has 4 heteroatoms. The van der Waals surface area contributed by atoms with E-state index in [1.165, 1.54) is 0 Å². The first kappa shape index (κ1) is 12.9. The molecule has 1 atom stereocenters. The maximum absolute atomic E-state index is 6.31. The summed E-state index contributed by atoms with van der Waals surface area (Å²) in [7, 11) is 1.66. The van der Waals surface area contributed by atoms with Crippen LogP contribution in [0.3, 0.4) is 0 Å². The number of hydrogen-bond donors (Lipinski definition) is 1. The fourth-order valence-electron chi connectivity index (χ4n) is 2.24. The summed E-state index contributed by atoms with van der Waals surface area (Å²) in [4.78, 5) is 0. The van der Waals surface area contributed by atoms with Crippen LogP contribution in [0.5, 0.6) is 5.75 Å². The minimum absolute atomic E-state index is 0.0844. The molecular weight excluding hydrogens is 282 g/mol. The lowest BCUT2D eigenvalue weighted by Crippen LogP contribution is -2.27. The largest absolute Gasteiger partial charge is 0.496 e. The monoisotopic (exact) mass is 299 g/mol. The highest BCUT2D eigenvalue weighted by molar-refractivity contribution is 9.10. The van der Waals surface area contributed by atoms with Crippen molar-refractivity contribution in [1.82, 2.24) is 0 Å². The van der Waals surface area contributed by atoms with E-state index in [4.69, 9.17) is 15.2 Å². The van der Waals surface area contributed by atoms with Gasteiger partial charge in [0.25, 0.3) is 0 Å². The van der Waals surface area contributed by atoms with Gasteiger partial charge >= 0.3 is 0 Å². The fourth-order valence-corrected chi connectivity index (χ4v) is 2.80. The number of methoxy groups -OCH3 is 1. The SMILES string of the molecule is COc1ccc([C@@H](N)C2CCOCC2)cc1Br. The molecule has 1 saturated heterocycles. The van der Waals surface area contributed by atoms with Crippen molar-refractivity contribution >= 4 is 15.9 Å². The molecule has 1 heterocycles. The first-order chi connectivity index (χ1) is 8.22. The molecule has 1 aliphatic rings. The van der Waals surface area contributed by atoms with Crippen LogP contribution in [0, 0.1) is 5.92 Å². The van der Waals surface area contributed by atoms with Gasteiger partial charge in [0.05, 0.1) is 11.6 Å². The third kappa shape index (κ3) is 3.00. The minimum Gasteiger partial charge on any atom is -0.496 e. The predicted molar refractivity (Wildman–Crippen MR) is 71.2 cm³/mol. The molecule has 1 aromatic rings. The molecule has 0 spiro atoms. The molecule has 2 rings (SSSR count). The predicted octanol–water partition coefficient (Wildman–Crippen LogP) is 2.88. The second kappa shape index (κ2) is 5.85. The topological polar surface area (TPSA) is 44.5 Å². The first-order valence-corrected chi connectivity index (χ1v) is 6.68. The van der Waals surface area contributed by atoms with Crippen molar-refractivity contribution < 1.29 is 9.47 Å². The molecule has 0 aliphatic carbocycles. The Morgan fingerprint density at radius 3 is 2.71 bits per heavy atom. The van der Waals surface area contributed by atoms with Crippen LogP contribution in [-0.4, -0.2) is 20.3 Å². The van der Waals surface area contributed by atoms with Crippen molar-refractivity contribution in [3.63, 3.8) is 0 Å². The van der Waals surface area contributed by atoms with Crippen molar-refractivity contribution in [2.24, 2.45) is 11.7 Å². The summed E-state index contributed by atoms with van der Waals surface area (Å²) in [5, 5.41) is 0. The lowest BCUT2D eigenvalue weighted by Gasteiger charge is -2.28. The quantitative estimate of drug-likeness (QED) is 0.933. The van der Waals surface area contributed by atoms with Crippen molar-refractivity contribution in [2.45, 2.75) is 18.9 Å². The van der Waals surface area contributed by atoms with Crippen molar-refractivity contribution in [3.8, 4) is 5.75 Å². The number of halogens is 1. The number of rotatable bonds is 3. The molecule has 1 aromatic carbocycles. The Bertz CT molecular complexity index is 378. The van der Waals surface area contributed by atoms with Crippen LogP contribution in [0.2, 0.25) is 0 Å². The van der Waals surface area contributed by atoms with E-state index in [2.05, 4.69) is 22.0 Å².